The Kier molecular flexibility index (Phi) is 18.1. The molecule has 0 radical (unpaired) electrons. The molecule has 0 spiro atoms. The van der Waals surface area contributed by atoms with Gasteiger partial charge in [0.05, 0.1) is 55.3 Å². The zero-order chi connectivity index (χ0) is 38.6. The average molecular weight is 898 g/mol. The van der Waals surface area contributed by atoms with Crippen molar-refractivity contribution < 1.29 is 28.6 Å². The number of H-pyrrole nitrogens is 2. The molecule has 4 atom stereocenters. The molecule has 17 heteroatoms. The van der Waals surface area contributed by atoms with Crippen LogP contribution in [0.5, 0.6) is 5.75 Å². The molecule has 2 aromatic heterocycles. The number of aromatic amines is 2. The lowest BCUT2D eigenvalue weighted by atomic mass is 9.98. The molecule has 4 aliphatic rings. The first-order valence-electron chi connectivity index (χ1n) is 20.3. The standard InChI is InChI=1S/C43H51N7O6.4H2S/c1-27-10-4-3-5-11-30-22-29(23-32-38(30)48-40(45-32)36-13-9-18-49(36)41(27)51)15-14-28-16-17-31-33-25-44-39(46-33)35-12-8-19-50(35)42(52)34(47-43(53)54-2)26-55-20-6-7-21-56-37(31)24-28;;;;/h16-17,22-25,27,34-36H,3-13,18-21,26H2,1-2H3,(H,44,46)(H,45,48)(H,47,53);4*1H2/t27-,34-,35-,36-;;;;/m0..../s1. The van der Waals surface area contributed by atoms with Crippen LogP contribution >= 0.6 is 54.0 Å². The summed E-state index contributed by atoms with van der Waals surface area (Å²) in [7, 11) is 1.28. The van der Waals surface area contributed by atoms with E-state index in [1.807, 2.05) is 23.1 Å². The SMILES string of the molecule is COC(=O)N[C@H]1COCCCCOc2cc(C#Cc3cc4c5nc([nH]c5c3)[C@@H]3CCCN3C(=O)[C@@H](C)CCCCC4)ccc2-c2cnc([nH]2)[C@@H]2CCCN2C1=O.S.S.S.S. The maximum Gasteiger partial charge on any atom is 0.407 e. The molecule has 0 aliphatic carbocycles. The molecule has 4 bridgehead atoms. The number of fused-ring (bicyclic) bond motifs is 9. The van der Waals surface area contributed by atoms with E-state index in [0.717, 1.165) is 110 Å². The summed E-state index contributed by atoms with van der Waals surface area (Å²) >= 11 is 0. The highest BCUT2D eigenvalue weighted by Gasteiger charge is 2.37. The Morgan fingerprint density at radius 1 is 0.833 bits per heavy atom. The summed E-state index contributed by atoms with van der Waals surface area (Å²) in [6, 6.07) is 9.09. The smallest absolute Gasteiger partial charge is 0.407 e. The monoisotopic (exact) mass is 897 g/mol. The third-order valence-corrected chi connectivity index (χ3v) is 11.6. The van der Waals surface area contributed by atoms with E-state index in [-0.39, 0.29) is 90.4 Å². The third-order valence-electron chi connectivity index (χ3n) is 11.6. The lowest BCUT2D eigenvalue weighted by molar-refractivity contribution is -0.137. The van der Waals surface area contributed by atoms with Gasteiger partial charge in [0.25, 0.3) is 0 Å². The number of nitrogens with one attached hydrogen (secondary N) is 3. The van der Waals surface area contributed by atoms with Gasteiger partial charge in [0.2, 0.25) is 11.8 Å². The first kappa shape index (κ1) is 48.7. The predicted octanol–water partition coefficient (Wildman–Crippen LogP) is 6.80. The van der Waals surface area contributed by atoms with Gasteiger partial charge in [-0.15, -0.1) is 0 Å². The number of nitrogens with zero attached hydrogens (tertiary/aromatic N) is 4. The van der Waals surface area contributed by atoms with E-state index >= 15 is 0 Å². The quantitative estimate of drug-likeness (QED) is 0.177. The van der Waals surface area contributed by atoms with Crippen molar-refractivity contribution in [3.05, 3.63) is 64.9 Å². The third kappa shape index (κ3) is 10.7. The molecule has 0 unspecified atom stereocenters. The number of hydrogen-bond donors (Lipinski definition) is 3. The Bertz CT molecular complexity index is 2170. The van der Waals surface area contributed by atoms with Gasteiger partial charge in [0.1, 0.15) is 23.4 Å². The second-order valence-electron chi connectivity index (χ2n) is 15.5. The molecule has 3 amide bonds. The summed E-state index contributed by atoms with van der Waals surface area (Å²) in [5.41, 5.74) is 6.50. The lowest BCUT2D eigenvalue weighted by Gasteiger charge is -2.28. The fourth-order valence-corrected chi connectivity index (χ4v) is 8.60. The van der Waals surface area contributed by atoms with Crippen LogP contribution in [0.3, 0.4) is 0 Å². The molecule has 4 aliphatic heterocycles. The predicted molar refractivity (Wildman–Crippen MR) is 251 cm³/mol. The Morgan fingerprint density at radius 2 is 1.57 bits per heavy atom. The first-order chi connectivity index (χ1) is 27.4. The van der Waals surface area contributed by atoms with Crippen molar-refractivity contribution in [2.75, 3.05) is 40.0 Å². The molecular weight excluding hydrogens is 839 g/mol. The van der Waals surface area contributed by atoms with E-state index in [1.54, 1.807) is 11.1 Å². The maximum atomic E-state index is 13.7. The van der Waals surface area contributed by atoms with Crippen LogP contribution in [0.15, 0.2) is 36.5 Å². The van der Waals surface area contributed by atoms with Gasteiger partial charge in [-0.2, -0.15) is 54.0 Å². The van der Waals surface area contributed by atoms with Crippen molar-refractivity contribution in [3.8, 4) is 28.8 Å². The number of aryl methyl sites for hydroxylation is 1. The fourth-order valence-electron chi connectivity index (χ4n) is 8.60. The van der Waals surface area contributed by atoms with Crippen molar-refractivity contribution in [2.24, 2.45) is 5.92 Å². The molecular formula is C43H59N7O6S4. The highest BCUT2D eigenvalue weighted by Crippen LogP contribution is 2.37. The van der Waals surface area contributed by atoms with Crippen LogP contribution in [-0.4, -0.2) is 93.7 Å². The number of benzene rings is 2. The Labute approximate surface area is 380 Å². The molecule has 3 N–H and O–H groups in total. The zero-order valence-electron chi connectivity index (χ0n) is 34.3. The number of carbonyl (C=O) groups excluding carboxylic acids is 3. The topological polar surface area (TPSA) is 155 Å². The number of carbonyl (C=O) groups is 3. The average Bonchev–Trinajstić information content (AvgIpc) is 4.04. The summed E-state index contributed by atoms with van der Waals surface area (Å²) in [6.07, 6.45) is 11.0. The number of alkyl carbamates (subject to hydrolysis) is 1. The summed E-state index contributed by atoms with van der Waals surface area (Å²) in [5, 5.41) is 2.65. The van der Waals surface area contributed by atoms with E-state index in [1.165, 1.54) is 12.7 Å². The number of imidazole rings is 2. The second-order valence-corrected chi connectivity index (χ2v) is 15.5. The van der Waals surface area contributed by atoms with E-state index in [2.05, 4.69) is 46.2 Å². The van der Waals surface area contributed by atoms with E-state index in [0.29, 0.717) is 37.8 Å². The Morgan fingerprint density at radius 3 is 2.35 bits per heavy atom. The molecule has 8 rings (SSSR count). The minimum Gasteiger partial charge on any atom is -0.493 e. The number of methoxy groups -OCH3 is 1. The summed E-state index contributed by atoms with van der Waals surface area (Å²) in [5.74, 6) is 9.14. The minimum atomic E-state index is -0.865. The number of aromatic nitrogens is 4. The number of hydrogen-bond acceptors (Lipinski definition) is 8. The summed E-state index contributed by atoms with van der Waals surface area (Å²) in [4.78, 5) is 59.9. The van der Waals surface area contributed by atoms with Gasteiger partial charge >= 0.3 is 6.09 Å². The van der Waals surface area contributed by atoms with Gasteiger partial charge < -0.3 is 39.3 Å². The minimum absolute atomic E-state index is 0. The number of amides is 3. The summed E-state index contributed by atoms with van der Waals surface area (Å²) in [6.45, 7) is 4.33. The van der Waals surface area contributed by atoms with Crippen LogP contribution < -0.4 is 10.1 Å². The van der Waals surface area contributed by atoms with Crippen molar-refractivity contribution in [1.29, 1.82) is 0 Å². The Balaban J connectivity index is 0.00000198. The van der Waals surface area contributed by atoms with Crippen LogP contribution in [0.25, 0.3) is 22.3 Å². The van der Waals surface area contributed by atoms with Gasteiger partial charge in [0, 0.05) is 42.3 Å². The number of rotatable bonds is 1. The van der Waals surface area contributed by atoms with Crippen LogP contribution in [-0.2, 0) is 25.5 Å². The van der Waals surface area contributed by atoms with Crippen molar-refractivity contribution in [3.63, 3.8) is 0 Å². The summed E-state index contributed by atoms with van der Waals surface area (Å²) < 4.78 is 17.1. The number of ether oxygens (including phenoxy) is 3. The van der Waals surface area contributed by atoms with Crippen molar-refractivity contribution >= 4 is 82.9 Å². The van der Waals surface area contributed by atoms with Crippen molar-refractivity contribution in [2.45, 2.75) is 95.7 Å². The molecule has 0 saturated carbocycles. The Hall–Kier alpha value is -3.95. The largest absolute Gasteiger partial charge is 0.493 e. The highest BCUT2D eigenvalue weighted by molar-refractivity contribution is 7.59. The molecule has 326 valence electrons. The molecule has 2 fully saturated rings. The first-order valence-corrected chi connectivity index (χ1v) is 20.3. The van der Waals surface area contributed by atoms with Gasteiger partial charge in [0.15, 0.2) is 0 Å². The van der Waals surface area contributed by atoms with Gasteiger partial charge in [-0.05, 0) is 93.7 Å². The molecule has 13 nitrogen and oxygen atoms in total. The van der Waals surface area contributed by atoms with Crippen LogP contribution in [0, 0.1) is 17.8 Å². The van der Waals surface area contributed by atoms with E-state index in [9.17, 15) is 14.4 Å². The maximum absolute atomic E-state index is 13.7. The highest BCUT2D eigenvalue weighted by atomic mass is 32.1. The fraction of sp³-hybridized carbons (Fsp3) is 0.512. The molecule has 6 heterocycles. The lowest BCUT2D eigenvalue weighted by Crippen LogP contribution is -2.50. The van der Waals surface area contributed by atoms with Gasteiger partial charge in [-0.3, -0.25) is 9.59 Å². The zero-order valence-corrected chi connectivity index (χ0v) is 38.3. The molecule has 2 saturated heterocycles. The molecule has 4 aromatic rings. The van der Waals surface area contributed by atoms with Crippen LogP contribution in [0.4, 0.5) is 4.79 Å². The van der Waals surface area contributed by atoms with Crippen molar-refractivity contribution in [1.82, 2.24) is 35.1 Å². The van der Waals surface area contributed by atoms with E-state index in [4.69, 9.17) is 24.2 Å². The van der Waals surface area contributed by atoms with Gasteiger partial charge in [-0.25, -0.2) is 14.8 Å². The normalized spacial score (nSPS) is 21.9. The molecule has 60 heavy (non-hydrogen) atoms. The molecule has 2 aromatic carbocycles. The van der Waals surface area contributed by atoms with Crippen LogP contribution in [0.2, 0.25) is 0 Å². The second kappa shape index (κ2) is 22.2. The van der Waals surface area contributed by atoms with E-state index < -0.39 is 12.1 Å². The van der Waals surface area contributed by atoms with Crippen LogP contribution in [0.1, 0.15) is 112 Å². The van der Waals surface area contributed by atoms with Gasteiger partial charge in [-0.1, -0.05) is 31.6 Å².